The van der Waals surface area contributed by atoms with Crippen LogP contribution in [0.2, 0.25) is 0 Å². The minimum absolute atomic E-state index is 0.0533. The standard InChI is InChI=1S/C14H22N2O2S/c1-12-6-5-9-16(14(12)10-15)19(17,18)11-13-7-3-2-4-8-13/h2-4,7-8,12,14H,5-6,9-11,15H2,1H3. The zero-order valence-electron chi connectivity index (χ0n) is 11.3. The van der Waals surface area contributed by atoms with Crippen molar-refractivity contribution in [2.75, 3.05) is 13.1 Å². The van der Waals surface area contributed by atoms with Gasteiger partial charge in [-0.25, -0.2) is 8.42 Å². The van der Waals surface area contributed by atoms with Crippen LogP contribution in [0.5, 0.6) is 0 Å². The molecule has 106 valence electrons. The van der Waals surface area contributed by atoms with Crippen molar-refractivity contribution >= 4 is 10.0 Å². The molecular weight excluding hydrogens is 260 g/mol. The maximum Gasteiger partial charge on any atom is 0.218 e. The Balaban J connectivity index is 2.18. The zero-order valence-corrected chi connectivity index (χ0v) is 12.1. The van der Waals surface area contributed by atoms with Gasteiger partial charge in [0.1, 0.15) is 0 Å². The average Bonchev–Trinajstić information content (AvgIpc) is 2.39. The summed E-state index contributed by atoms with van der Waals surface area (Å²) in [6.45, 7) is 3.08. The maximum absolute atomic E-state index is 12.5. The van der Waals surface area contributed by atoms with E-state index in [1.54, 1.807) is 4.31 Å². The summed E-state index contributed by atoms with van der Waals surface area (Å²) in [5.74, 6) is 0.404. The fourth-order valence-electron chi connectivity index (χ4n) is 2.77. The quantitative estimate of drug-likeness (QED) is 0.912. The van der Waals surface area contributed by atoms with Crippen molar-refractivity contribution in [2.24, 2.45) is 11.7 Å². The summed E-state index contributed by atoms with van der Waals surface area (Å²) in [5, 5.41) is 0. The summed E-state index contributed by atoms with van der Waals surface area (Å²) in [6.07, 6.45) is 1.98. The summed E-state index contributed by atoms with van der Waals surface area (Å²) in [7, 11) is -3.28. The Bertz CT molecular complexity index is 501. The van der Waals surface area contributed by atoms with Crippen LogP contribution in [0.15, 0.2) is 30.3 Å². The minimum atomic E-state index is -3.28. The van der Waals surface area contributed by atoms with E-state index in [0.717, 1.165) is 18.4 Å². The van der Waals surface area contributed by atoms with Gasteiger partial charge in [-0.2, -0.15) is 4.31 Å². The van der Waals surface area contributed by atoms with Gasteiger partial charge in [0, 0.05) is 19.1 Å². The molecule has 19 heavy (non-hydrogen) atoms. The molecule has 2 N–H and O–H groups in total. The Morgan fingerprint density at radius 3 is 2.63 bits per heavy atom. The molecule has 0 bridgehead atoms. The van der Waals surface area contributed by atoms with Crippen LogP contribution >= 0.6 is 0 Å². The largest absolute Gasteiger partial charge is 0.329 e. The van der Waals surface area contributed by atoms with Gasteiger partial charge in [-0.1, -0.05) is 37.3 Å². The molecule has 1 saturated heterocycles. The summed E-state index contributed by atoms with van der Waals surface area (Å²) >= 11 is 0. The van der Waals surface area contributed by atoms with Crippen LogP contribution in [0, 0.1) is 5.92 Å². The van der Waals surface area contributed by atoms with E-state index in [1.165, 1.54) is 0 Å². The lowest BCUT2D eigenvalue weighted by atomic mass is 9.93. The van der Waals surface area contributed by atoms with E-state index in [2.05, 4.69) is 6.92 Å². The highest BCUT2D eigenvalue weighted by atomic mass is 32.2. The first kappa shape index (κ1) is 14.5. The van der Waals surface area contributed by atoms with Crippen molar-refractivity contribution < 1.29 is 8.42 Å². The summed E-state index contributed by atoms with van der Waals surface area (Å²) < 4.78 is 26.7. The van der Waals surface area contributed by atoms with Gasteiger partial charge >= 0.3 is 0 Å². The second-order valence-electron chi connectivity index (χ2n) is 5.28. The molecule has 0 saturated carbocycles. The minimum Gasteiger partial charge on any atom is -0.329 e. The fraction of sp³-hybridized carbons (Fsp3) is 0.571. The molecule has 5 heteroatoms. The van der Waals surface area contributed by atoms with Crippen molar-refractivity contribution in [3.8, 4) is 0 Å². The molecule has 1 aliphatic rings. The molecule has 1 aliphatic heterocycles. The first-order valence-electron chi connectivity index (χ1n) is 6.78. The van der Waals surface area contributed by atoms with Crippen molar-refractivity contribution in [1.82, 2.24) is 4.31 Å². The van der Waals surface area contributed by atoms with Gasteiger partial charge in [-0.05, 0) is 24.3 Å². The molecule has 2 rings (SSSR count). The Labute approximate surface area is 115 Å². The summed E-state index contributed by atoms with van der Waals surface area (Å²) in [6, 6.07) is 9.27. The number of rotatable bonds is 4. The fourth-order valence-corrected chi connectivity index (χ4v) is 4.67. The van der Waals surface area contributed by atoms with Crippen LogP contribution in [0.3, 0.4) is 0 Å². The monoisotopic (exact) mass is 282 g/mol. The molecule has 0 aromatic heterocycles. The van der Waals surface area contributed by atoms with Crippen molar-refractivity contribution in [1.29, 1.82) is 0 Å². The smallest absolute Gasteiger partial charge is 0.218 e. The Kier molecular flexibility index (Phi) is 4.60. The number of hydrogen-bond acceptors (Lipinski definition) is 3. The molecule has 1 heterocycles. The lowest BCUT2D eigenvalue weighted by molar-refractivity contribution is 0.192. The molecule has 1 aromatic rings. The van der Waals surface area contributed by atoms with E-state index in [9.17, 15) is 8.42 Å². The molecule has 4 nitrogen and oxygen atoms in total. The van der Waals surface area contributed by atoms with Crippen LogP contribution in [-0.4, -0.2) is 31.9 Å². The van der Waals surface area contributed by atoms with E-state index in [4.69, 9.17) is 5.73 Å². The van der Waals surface area contributed by atoms with Gasteiger partial charge in [0.15, 0.2) is 0 Å². The predicted molar refractivity (Wildman–Crippen MR) is 77.0 cm³/mol. The highest BCUT2D eigenvalue weighted by Gasteiger charge is 2.35. The molecule has 0 spiro atoms. The lowest BCUT2D eigenvalue weighted by Crippen LogP contribution is -2.51. The van der Waals surface area contributed by atoms with Crippen LogP contribution in [0.4, 0.5) is 0 Å². The Morgan fingerprint density at radius 1 is 1.32 bits per heavy atom. The Hall–Kier alpha value is -0.910. The highest BCUT2D eigenvalue weighted by molar-refractivity contribution is 7.88. The van der Waals surface area contributed by atoms with Gasteiger partial charge in [-0.3, -0.25) is 0 Å². The van der Waals surface area contributed by atoms with E-state index < -0.39 is 10.0 Å². The molecule has 1 fully saturated rings. The third-order valence-corrected chi connectivity index (χ3v) is 5.72. The normalized spacial score (nSPS) is 25.4. The number of hydrogen-bond donors (Lipinski definition) is 1. The predicted octanol–water partition coefficient (Wildman–Crippen LogP) is 1.58. The second kappa shape index (κ2) is 6.03. The first-order valence-corrected chi connectivity index (χ1v) is 8.39. The number of sulfonamides is 1. The second-order valence-corrected chi connectivity index (χ2v) is 7.20. The van der Waals surface area contributed by atoms with Gasteiger partial charge < -0.3 is 5.73 Å². The van der Waals surface area contributed by atoms with Crippen molar-refractivity contribution in [3.63, 3.8) is 0 Å². The molecule has 0 radical (unpaired) electrons. The maximum atomic E-state index is 12.5. The van der Waals surface area contributed by atoms with Crippen LogP contribution in [-0.2, 0) is 15.8 Å². The SMILES string of the molecule is CC1CCCN(S(=O)(=O)Cc2ccccc2)C1CN. The van der Waals surface area contributed by atoms with Gasteiger partial charge in [0.2, 0.25) is 10.0 Å². The molecule has 0 amide bonds. The van der Waals surface area contributed by atoms with E-state index >= 15 is 0 Å². The molecule has 2 unspecified atom stereocenters. The molecule has 0 aliphatic carbocycles. The Morgan fingerprint density at radius 2 is 2.00 bits per heavy atom. The van der Waals surface area contributed by atoms with Gasteiger partial charge in [0.25, 0.3) is 0 Å². The lowest BCUT2D eigenvalue weighted by Gasteiger charge is -2.38. The van der Waals surface area contributed by atoms with E-state index in [1.807, 2.05) is 30.3 Å². The number of benzene rings is 1. The third kappa shape index (κ3) is 3.35. The molecule has 2 atom stereocenters. The molecule has 1 aromatic carbocycles. The van der Waals surface area contributed by atoms with Crippen molar-refractivity contribution in [3.05, 3.63) is 35.9 Å². The summed E-state index contributed by atoms with van der Waals surface area (Å²) in [5.41, 5.74) is 6.60. The average molecular weight is 282 g/mol. The summed E-state index contributed by atoms with van der Waals surface area (Å²) in [4.78, 5) is 0. The van der Waals surface area contributed by atoms with Gasteiger partial charge in [-0.15, -0.1) is 0 Å². The zero-order chi connectivity index (χ0) is 13.9. The van der Waals surface area contributed by atoms with E-state index in [0.29, 0.717) is 19.0 Å². The number of nitrogens with zero attached hydrogens (tertiary/aromatic N) is 1. The highest BCUT2D eigenvalue weighted by Crippen LogP contribution is 2.26. The van der Waals surface area contributed by atoms with Crippen LogP contribution in [0.1, 0.15) is 25.3 Å². The molecular formula is C14H22N2O2S. The van der Waals surface area contributed by atoms with Crippen molar-refractivity contribution in [2.45, 2.75) is 31.6 Å². The van der Waals surface area contributed by atoms with Crippen LogP contribution in [0.25, 0.3) is 0 Å². The number of piperidine rings is 1. The third-order valence-electron chi connectivity index (χ3n) is 3.86. The van der Waals surface area contributed by atoms with Crippen LogP contribution < -0.4 is 5.73 Å². The van der Waals surface area contributed by atoms with E-state index in [-0.39, 0.29) is 11.8 Å². The number of nitrogens with two attached hydrogens (primary N) is 1. The first-order chi connectivity index (χ1) is 9.04. The topological polar surface area (TPSA) is 63.4 Å². The van der Waals surface area contributed by atoms with Gasteiger partial charge in [0.05, 0.1) is 5.75 Å².